The molecule has 0 radical (unpaired) electrons. The number of benzene rings is 1. The second-order valence-corrected chi connectivity index (χ2v) is 3.02. The van der Waals surface area contributed by atoms with Crippen LogP contribution in [-0.4, -0.2) is 18.9 Å². The molecule has 1 N–H and O–H groups in total. The maximum absolute atomic E-state index is 12.9. The van der Waals surface area contributed by atoms with E-state index in [0.717, 1.165) is 5.06 Å². The van der Waals surface area contributed by atoms with Crippen LogP contribution in [0.5, 0.6) is 0 Å². The lowest BCUT2D eigenvalue weighted by Crippen LogP contribution is -2.23. The van der Waals surface area contributed by atoms with Gasteiger partial charge in [-0.2, -0.15) is 0 Å². The molecule has 3 nitrogen and oxygen atoms in total. The van der Waals surface area contributed by atoms with Gasteiger partial charge < -0.3 is 4.74 Å². The predicted octanol–water partition coefficient (Wildman–Crippen LogP) is 2.02. The van der Waals surface area contributed by atoms with Crippen LogP contribution < -0.4 is 5.06 Å². The minimum absolute atomic E-state index is 0.345. The van der Waals surface area contributed by atoms with Gasteiger partial charge in [0.25, 0.3) is 0 Å². The summed E-state index contributed by atoms with van der Waals surface area (Å²) in [7, 11) is 1.52. The number of rotatable bonds is 1. The minimum Gasteiger partial charge on any atom is -0.496 e. The molecular formula is C10H10FNO2. The van der Waals surface area contributed by atoms with Crippen molar-refractivity contribution in [3.05, 3.63) is 35.7 Å². The molecule has 4 heteroatoms. The highest BCUT2D eigenvalue weighted by Gasteiger charge is 2.18. The molecule has 1 aromatic rings. The Morgan fingerprint density at radius 3 is 3.00 bits per heavy atom. The average molecular weight is 195 g/mol. The zero-order valence-electron chi connectivity index (χ0n) is 7.70. The van der Waals surface area contributed by atoms with E-state index >= 15 is 0 Å². The molecule has 0 saturated heterocycles. The molecule has 1 aromatic carbocycles. The Morgan fingerprint density at radius 1 is 1.50 bits per heavy atom. The van der Waals surface area contributed by atoms with Crippen LogP contribution in [0.4, 0.5) is 10.1 Å². The number of halogens is 1. The standard InChI is InChI=1S/C10H10FNO2/c1-14-10-4-5-12(13)9-3-2-7(11)6-8(9)10/h2-4,6,13H,5H2,1H3. The first-order valence-electron chi connectivity index (χ1n) is 4.23. The van der Waals surface area contributed by atoms with Gasteiger partial charge >= 0.3 is 0 Å². The van der Waals surface area contributed by atoms with Gasteiger partial charge in [0, 0.05) is 5.56 Å². The van der Waals surface area contributed by atoms with Crippen molar-refractivity contribution in [3.63, 3.8) is 0 Å². The maximum Gasteiger partial charge on any atom is 0.126 e. The van der Waals surface area contributed by atoms with Crippen molar-refractivity contribution in [2.45, 2.75) is 0 Å². The molecule has 0 spiro atoms. The Labute approximate surface area is 81.0 Å². The zero-order valence-corrected chi connectivity index (χ0v) is 7.70. The van der Waals surface area contributed by atoms with Gasteiger partial charge in [-0.1, -0.05) is 0 Å². The highest BCUT2D eigenvalue weighted by Crippen LogP contribution is 2.31. The van der Waals surface area contributed by atoms with Crippen molar-refractivity contribution in [2.75, 3.05) is 18.7 Å². The highest BCUT2D eigenvalue weighted by molar-refractivity contribution is 5.75. The highest BCUT2D eigenvalue weighted by atomic mass is 19.1. The van der Waals surface area contributed by atoms with Crippen LogP contribution in [0.15, 0.2) is 24.3 Å². The van der Waals surface area contributed by atoms with Crippen LogP contribution in [0.1, 0.15) is 5.56 Å². The Kier molecular flexibility index (Phi) is 2.13. The Balaban J connectivity index is 2.55. The third-order valence-corrected chi connectivity index (χ3v) is 2.17. The molecule has 0 aromatic heterocycles. The SMILES string of the molecule is COC1=CCN(O)c2ccc(F)cc21. The van der Waals surface area contributed by atoms with Gasteiger partial charge in [0.15, 0.2) is 0 Å². The van der Waals surface area contributed by atoms with E-state index in [2.05, 4.69) is 0 Å². The Bertz CT molecular complexity index is 390. The smallest absolute Gasteiger partial charge is 0.126 e. The number of hydrogen-bond acceptors (Lipinski definition) is 3. The van der Waals surface area contributed by atoms with Crippen molar-refractivity contribution in [2.24, 2.45) is 0 Å². The van der Waals surface area contributed by atoms with Crippen LogP contribution in [0, 0.1) is 5.82 Å². The van der Waals surface area contributed by atoms with Crippen molar-refractivity contribution in [1.29, 1.82) is 0 Å². The Morgan fingerprint density at radius 2 is 2.29 bits per heavy atom. The van der Waals surface area contributed by atoms with Crippen LogP contribution in [0.25, 0.3) is 5.76 Å². The third kappa shape index (κ3) is 1.33. The van der Waals surface area contributed by atoms with E-state index in [1.54, 1.807) is 6.08 Å². The van der Waals surface area contributed by atoms with Crippen molar-refractivity contribution in [3.8, 4) is 0 Å². The first-order valence-corrected chi connectivity index (χ1v) is 4.23. The van der Waals surface area contributed by atoms with Crippen molar-refractivity contribution in [1.82, 2.24) is 0 Å². The second-order valence-electron chi connectivity index (χ2n) is 3.02. The molecule has 0 unspecified atom stereocenters. The van der Waals surface area contributed by atoms with Gasteiger partial charge in [-0.25, -0.2) is 4.39 Å². The van der Waals surface area contributed by atoms with Crippen LogP contribution in [-0.2, 0) is 4.74 Å². The fraction of sp³-hybridized carbons (Fsp3) is 0.200. The molecule has 0 bridgehead atoms. The van der Waals surface area contributed by atoms with E-state index in [1.807, 2.05) is 0 Å². The molecule has 2 rings (SSSR count). The Hall–Kier alpha value is -1.55. The van der Waals surface area contributed by atoms with Gasteiger partial charge in [-0.05, 0) is 24.3 Å². The molecule has 0 amide bonds. The largest absolute Gasteiger partial charge is 0.496 e. The van der Waals surface area contributed by atoms with Gasteiger partial charge in [0.05, 0.1) is 19.3 Å². The molecule has 0 fully saturated rings. The fourth-order valence-corrected chi connectivity index (χ4v) is 1.50. The number of ether oxygens (including phenoxy) is 1. The number of methoxy groups -OCH3 is 1. The monoisotopic (exact) mass is 195 g/mol. The molecule has 1 aliphatic rings. The van der Waals surface area contributed by atoms with Gasteiger partial charge in [0.1, 0.15) is 11.6 Å². The van der Waals surface area contributed by atoms with Gasteiger partial charge in [0.2, 0.25) is 0 Å². The quantitative estimate of drug-likeness (QED) is 0.744. The van der Waals surface area contributed by atoms with E-state index in [-0.39, 0.29) is 5.82 Å². The summed E-state index contributed by atoms with van der Waals surface area (Å²) in [4.78, 5) is 0. The maximum atomic E-state index is 12.9. The lowest BCUT2D eigenvalue weighted by molar-refractivity contribution is 0.261. The van der Waals surface area contributed by atoms with Crippen LogP contribution in [0.2, 0.25) is 0 Å². The minimum atomic E-state index is -0.345. The average Bonchev–Trinajstić information content (AvgIpc) is 2.18. The summed E-state index contributed by atoms with van der Waals surface area (Å²) in [5.41, 5.74) is 1.13. The molecular weight excluding hydrogens is 185 g/mol. The molecule has 0 saturated carbocycles. The molecule has 1 heterocycles. The van der Waals surface area contributed by atoms with Gasteiger partial charge in [-0.15, -0.1) is 0 Å². The van der Waals surface area contributed by atoms with Crippen molar-refractivity contribution < 1.29 is 14.3 Å². The molecule has 0 aliphatic carbocycles. The molecule has 74 valence electrons. The third-order valence-electron chi connectivity index (χ3n) is 2.17. The molecule has 14 heavy (non-hydrogen) atoms. The van der Waals surface area contributed by atoms with E-state index < -0.39 is 0 Å². The molecule has 0 atom stereocenters. The number of nitrogens with zero attached hydrogens (tertiary/aromatic N) is 1. The number of hydroxylamine groups is 1. The van der Waals surface area contributed by atoms with Crippen LogP contribution in [0.3, 0.4) is 0 Å². The van der Waals surface area contributed by atoms with E-state index in [4.69, 9.17) is 4.74 Å². The predicted molar refractivity (Wildman–Crippen MR) is 50.5 cm³/mol. The second kappa shape index (κ2) is 3.31. The summed E-state index contributed by atoms with van der Waals surface area (Å²) in [5.74, 6) is 0.242. The van der Waals surface area contributed by atoms with E-state index in [0.29, 0.717) is 23.6 Å². The van der Waals surface area contributed by atoms with E-state index in [1.165, 1.54) is 25.3 Å². The normalized spacial score (nSPS) is 14.8. The summed E-state index contributed by atoms with van der Waals surface area (Å²) in [5, 5.41) is 10.5. The fourth-order valence-electron chi connectivity index (χ4n) is 1.50. The van der Waals surface area contributed by atoms with Gasteiger partial charge in [-0.3, -0.25) is 10.3 Å². The molecule has 1 aliphatic heterocycles. The number of fused-ring (bicyclic) bond motifs is 1. The summed E-state index contributed by atoms with van der Waals surface area (Å²) in [6.07, 6.45) is 1.70. The summed E-state index contributed by atoms with van der Waals surface area (Å²) < 4.78 is 18.0. The first kappa shape index (κ1) is 9.02. The zero-order chi connectivity index (χ0) is 10.1. The lowest BCUT2D eigenvalue weighted by Gasteiger charge is -2.24. The summed E-state index contributed by atoms with van der Waals surface area (Å²) >= 11 is 0. The van der Waals surface area contributed by atoms with Crippen LogP contribution >= 0.6 is 0 Å². The summed E-state index contributed by atoms with van der Waals surface area (Å²) in [6.45, 7) is 0.349. The van der Waals surface area contributed by atoms with E-state index in [9.17, 15) is 9.60 Å². The number of hydrogen-bond donors (Lipinski definition) is 1. The summed E-state index contributed by atoms with van der Waals surface area (Å²) in [6, 6.07) is 4.17. The topological polar surface area (TPSA) is 32.7 Å². The first-order chi connectivity index (χ1) is 6.72. The number of anilines is 1. The van der Waals surface area contributed by atoms with Crippen molar-refractivity contribution >= 4 is 11.4 Å². The lowest BCUT2D eigenvalue weighted by atomic mass is 10.1.